The van der Waals surface area contributed by atoms with Crippen molar-refractivity contribution in [2.45, 2.75) is 25.8 Å². The van der Waals surface area contributed by atoms with Crippen LogP contribution in [0.3, 0.4) is 0 Å². The average Bonchev–Trinajstić information content (AvgIpc) is 3.05. The Hall–Kier alpha value is -1.40. The molecule has 0 spiro atoms. The van der Waals surface area contributed by atoms with Crippen molar-refractivity contribution < 1.29 is 9.53 Å². The largest absolute Gasteiger partial charge is 0.383 e. The Kier molecular flexibility index (Phi) is 5.35. The van der Waals surface area contributed by atoms with E-state index in [0.29, 0.717) is 25.5 Å². The summed E-state index contributed by atoms with van der Waals surface area (Å²) >= 11 is 0. The van der Waals surface area contributed by atoms with Crippen LogP contribution in [0.15, 0.2) is 12.4 Å². The molecule has 1 aliphatic rings. The van der Waals surface area contributed by atoms with Gasteiger partial charge in [-0.1, -0.05) is 0 Å². The van der Waals surface area contributed by atoms with E-state index in [4.69, 9.17) is 4.74 Å². The maximum absolute atomic E-state index is 11.8. The molecule has 0 aliphatic carbocycles. The van der Waals surface area contributed by atoms with Gasteiger partial charge in [-0.3, -0.25) is 9.48 Å². The van der Waals surface area contributed by atoms with Gasteiger partial charge in [-0.15, -0.1) is 0 Å². The van der Waals surface area contributed by atoms with Gasteiger partial charge >= 0.3 is 0 Å². The minimum absolute atomic E-state index is 0.0678. The minimum atomic E-state index is 0.0678. The molecule has 0 saturated carbocycles. The maximum Gasteiger partial charge on any atom is 0.224 e. The Labute approximate surface area is 113 Å². The van der Waals surface area contributed by atoms with Crippen molar-refractivity contribution in [2.24, 2.45) is 5.92 Å². The van der Waals surface area contributed by atoms with Crippen LogP contribution in [0.4, 0.5) is 5.69 Å². The van der Waals surface area contributed by atoms with Crippen molar-refractivity contribution >= 4 is 11.6 Å². The third-order valence-electron chi connectivity index (χ3n) is 3.38. The molecule has 1 fully saturated rings. The summed E-state index contributed by atoms with van der Waals surface area (Å²) in [5.41, 5.74) is 0.755. The molecule has 0 bridgehead atoms. The number of methoxy groups -OCH3 is 1. The van der Waals surface area contributed by atoms with Gasteiger partial charge in [-0.25, -0.2) is 0 Å². The molecule has 1 amide bonds. The number of rotatable bonds is 7. The quantitative estimate of drug-likeness (QED) is 0.768. The summed E-state index contributed by atoms with van der Waals surface area (Å²) in [4.78, 5) is 11.8. The highest BCUT2D eigenvalue weighted by Gasteiger charge is 2.15. The molecular weight excluding hydrogens is 244 g/mol. The third-order valence-corrected chi connectivity index (χ3v) is 3.38. The number of amides is 1. The van der Waals surface area contributed by atoms with E-state index in [9.17, 15) is 4.79 Å². The van der Waals surface area contributed by atoms with Gasteiger partial charge in [0.25, 0.3) is 0 Å². The lowest BCUT2D eigenvalue weighted by atomic mass is 10.0. The van der Waals surface area contributed by atoms with E-state index in [0.717, 1.165) is 25.2 Å². The van der Waals surface area contributed by atoms with Crippen LogP contribution in [0.5, 0.6) is 0 Å². The summed E-state index contributed by atoms with van der Waals surface area (Å²) in [5, 5.41) is 10.3. The van der Waals surface area contributed by atoms with E-state index < -0.39 is 0 Å². The second-order valence-electron chi connectivity index (χ2n) is 4.93. The van der Waals surface area contributed by atoms with Crippen molar-refractivity contribution in [3.05, 3.63) is 12.4 Å². The lowest BCUT2D eigenvalue weighted by Gasteiger charge is -2.07. The molecule has 1 aliphatic heterocycles. The first-order valence-electron chi connectivity index (χ1n) is 6.80. The van der Waals surface area contributed by atoms with Gasteiger partial charge < -0.3 is 15.4 Å². The number of nitrogens with zero attached hydrogens (tertiary/aromatic N) is 2. The van der Waals surface area contributed by atoms with Crippen molar-refractivity contribution in [3.63, 3.8) is 0 Å². The molecule has 6 nitrogen and oxygen atoms in total. The summed E-state index contributed by atoms with van der Waals surface area (Å²) in [7, 11) is 1.66. The van der Waals surface area contributed by atoms with E-state index >= 15 is 0 Å². The second-order valence-corrected chi connectivity index (χ2v) is 4.93. The summed E-state index contributed by atoms with van der Waals surface area (Å²) in [5.74, 6) is 0.716. The van der Waals surface area contributed by atoms with Crippen LogP contribution < -0.4 is 10.6 Å². The Bertz CT molecular complexity index is 399. The first-order valence-corrected chi connectivity index (χ1v) is 6.80. The molecule has 2 rings (SSSR count). The van der Waals surface area contributed by atoms with Gasteiger partial charge in [0.05, 0.1) is 25.0 Å². The number of nitrogens with one attached hydrogen (secondary N) is 2. The van der Waals surface area contributed by atoms with Crippen molar-refractivity contribution in [1.29, 1.82) is 0 Å². The zero-order valence-electron chi connectivity index (χ0n) is 11.4. The van der Waals surface area contributed by atoms with E-state index in [2.05, 4.69) is 15.7 Å². The van der Waals surface area contributed by atoms with Crippen molar-refractivity contribution in [1.82, 2.24) is 15.1 Å². The SMILES string of the molecule is COCCn1cc(NC(=O)CCC2CCNC2)cn1. The van der Waals surface area contributed by atoms with Gasteiger partial charge in [0.2, 0.25) is 5.91 Å². The lowest BCUT2D eigenvalue weighted by Crippen LogP contribution is -2.14. The number of anilines is 1. The van der Waals surface area contributed by atoms with Crippen LogP contribution in [-0.4, -0.2) is 42.5 Å². The summed E-state index contributed by atoms with van der Waals surface area (Å²) < 4.78 is 6.74. The number of carbonyl (C=O) groups excluding carboxylic acids is 1. The first-order chi connectivity index (χ1) is 9.28. The maximum atomic E-state index is 11.8. The van der Waals surface area contributed by atoms with Crippen molar-refractivity contribution in [2.75, 3.05) is 32.1 Å². The molecule has 2 N–H and O–H groups in total. The van der Waals surface area contributed by atoms with E-state index in [1.165, 1.54) is 6.42 Å². The number of hydrogen-bond donors (Lipinski definition) is 2. The van der Waals surface area contributed by atoms with Crippen LogP contribution in [0, 0.1) is 5.92 Å². The Morgan fingerprint density at radius 2 is 2.58 bits per heavy atom. The van der Waals surface area contributed by atoms with Crippen molar-refractivity contribution in [3.8, 4) is 0 Å². The van der Waals surface area contributed by atoms with E-state index in [1.54, 1.807) is 18.0 Å². The Morgan fingerprint density at radius 1 is 1.68 bits per heavy atom. The first kappa shape index (κ1) is 14.0. The van der Waals surface area contributed by atoms with E-state index in [1.807, 2.05) is 6.20 Å². The zero-order chi connectivity index (χ0) is 13.5. The molecule has 0 radical (unpaired) electrons. The fraction of sp³-hybridized carbons (Fsp3) is 0.692. The van der Waals surface area contributed by atoms with Gasteiger partial charge in [0.15, 0.2) is 0 Å². The Balaban J connectivity index is 1.70. The molecule has 6 heteroatoms. The fourth-order valence-electron chi connectivity index (χ4n) is 2.25. The molecule has 0 aromatic carbocycles. The monoisotopic (exact) mass is 266 g/mol. The highest BCUT2D eigenvalue weighted by atomic mass is 16.5. The summed E-state index contributed by atoms with van der Waals surface area (Å²) in [6, 6.07) is 0. The van der Waals surface area contributed by atoms with Crippen LogP contribution in [0.25, 0.3) is 0 Å². The molecule has 2 heterocycles. The van der Waals surface area contributed by atoms with Crippen LogP contribution in [-0.2, 0) is 16.1 Å². The molecule has 1 atom stereocenters. The second kappa shape index (κ2) is 7.25. The molecular formula is C13H22N4O2. The predicted octanol–water partition coefficient (Wildman–Crippen LogP) is 0.858. The van der Waals surface area contributed by atoms with Crippen LogP contribution in [0.2, 0.25) is 0 Å². The molecule has 106 valence electrons. The van der Waals surface area contributed by atoms with Gasteiger partial charge in [0.1, 0.15) is 0 Å². The molecule has 1 unspecified atom stereocenters. The topological polar surface area (TPSA) is 68.2 Å². The molecule has 1 saturated heterocycles. The highest BCUT2D eigenvalue weighted by Crippen LogP contribution is 2.15. The predicted molar refractivity (Wildman–Crippen MR) is 72.9 cm³/mol. The average molecular weight is 266 g/mol. The zero-order valence-corrected chi connectivity index (χ0v) is 11.4. The number of aromatic nitrogens is 2. The smallest absolute Gasteiger partial charge is 0.224 e. The Morgan fingerprint density at radius 3 is 3.32 bits per heavy atom. The number of hydrogen-bond acceptors (Lipinski definition) is 4. The van der Waals surface area contributed by atoms with Gasteiger partial charge in [-0.2, -0.15) is 5.10 Å². The standard InChI is InChI=1S/C13H22N4O2/c1-19-7-6-17-10-12(9-15-17)16-13(18)3-2-11-4-5-14-8-11/h9-11,14H,2-8H2,1H3,(H,16,18). The minimum Gasteiger partial charge on any atom is -0.383 e. The van der Waals surface area contributed by atoms with E-state index in [-0.39, 0.29) is 5.91 Å². The van der Waals surface area contributed by atoms with Gasteiger partial charge in [-0.05, 0) is 31.8 Å². The highest BCUT2D eigenvalue weighted by molar-refractivity contribution is 5.90. The van der Waals surface area contributed by atoms with Crippen LogP contribution in [0.1, 0.15) is 19.3 Å². The molecule has 1 aromatic rings. The summed E-state index contributed by atoms with van der Waals surface area (Å²) in [6.07, 6.45) is 6.22. The third kappa shape index (κ3) is 4.65. The summed E-state index contributed by atoms with van der Waals surface area (Å²) in [6.45, 7) is 3.44. The number of carbonyl (C=O) groups is 1. The lowest BCUT2D eigenvalue weighted by molar-refractivity contribution is -0.116. The van der Waals surface area contributed by atoms with Crippen LogP contribution >= 0.6 is 0 Å². The number of ether oxygens (including phenoxy) is 1. The molecule has 1 aromatic heterocycles. The molecule has 19 heavy (non-hydrogen) atoms. The fourth-order valence-corrected chi connectivity index (χ4v) is 2.25. The normalized spacial score (nSPS) is 18.7. The van der Waals surface area contributed by atoms with Gasteiger partial charge in [0, 0.05) is 19.7 Å².